The first-order chi connectivity index (χ1) is 14.6. The van der Waals surface area contributed by atoms with E-state index >= 15 is 0 Å². The minimum atomic E-state index is -0.472. The van der Waals surface area contributed by atoms with Crippen LogP contribution in [0.5, 0.6) is 5.75 Å². The van der Waals surface area contributed by atoms with Crippen LogP contribution in [0.15, 0.2) is 66.0 Å². The van der Waals surface area contributed by atoms with Crippen LogP contribution >= 0.6 is 11.3 Å². The Kier molecular flexibility index (Phi) is 5.90. The van der Waals surface area contributed by atoms with Crippen molar-refractivity contribution in [3.8, 4) is 5.75 Å². The van der Waals surface area contributed by atoms with Crippen molar-refractivity contribution in [1.29, 1.82) is 0 Å². The van der Waals surface area contributed by atoms with E-state index in [1.54, 1.807) is 53.4 Å². The van der Waals surface area contributed by atoms with Gasteiger partial charge in [0.05, 0.1) is 10.4 Å². The summed E-state index contributed by atoms with van der Waals surface area (Å²) in [5.41, 5.74) is 1.94. The highest BCUT2D eigenvalue weighted by molar-refractivity contribution is 7.12. The van der Waals surface area contributed by atoms with Crippen molar-refractivity contribution in [1.82, 2.24) is 4.90 Å². The lowest BCUT2D eigenvalue weighted by atomic mass is 10.1. The first-order valence-electron chi connectivity index (χ1n) is 9.62. The number of carbonyl (C=O) groups excluding carboxylic acids is 3. The molecule has 1 aliphatic heterocycles. The van der Waals surface area contributed by atoms with Gasteiger partial charge in [-0.1, -0.05) is 18.2 Å². The molecule has 0 unspecified atom stereocenters. The maximum atomic E-state index is 12.5. The summed E-state index contributed by atoms with van der Waals surface area (Å²) in [6, 6.07) is 17.3. The molecule has 0 bridgehead atoms. The van der Waals surface area contributed by atoms with Crippen molar-refractivity contribution in [2.45, 2.75) is 19.4 Å². The van der Waals surface area contributed by atoms with Crippen LogP contribution in [-0.2, 0) is 11.3 Å². The number of nitrogens with zero attached hydrogens (tertiary/aromatic N) is 1. The normalized spacial score (nSPS) is 13.3. The Hall–Kier alpha value is -3.45. The summed E-state index contributed by atoms with van der Waals surface area (Å²) in [5, 5.41) is 4.64. The molecule has 1 aliphatic rings. The van der Waals surface area contributed by atoms with Crippen molar-refractivity contribution in [2.24, 2.45) is 0 Å². The van der Waals surface area contributed by atoms with E-state index in [2.05, 4.69) is 5.32 Å². The molecule has 3 aromatic rings. The van der Waals surface area contributed by atoms with Crippen LogP contribution in [0.2, 0.25) is 0 Å². The first kappa shape index (κ1) is 19.8. The number of hydrogen-bond acceptors (Lipinski definition) is 5. The average molecular weight is 420 g/mol. The SMILES string of the molecule is O=C(Oc1ccc(NC(=O)c2cccs2)cc1)c1cccc(CN2CCCC2=O)c1. The quantitative estimate of drug-likeness (QED) is 0.475. The predicted molar refractivity (Wildman–Crippen MR) is 115 cm³/mol. The van der Waals surface area contributed by atoms with E-state index in [1.807, 2.05) is 17.5 Å². The molecule has 2 amide bonds. The summed E-state index contributed by atoms with van der Waals surface area (Å²) >= 11 is 1.37. The van der Waals surface area contributed by atoms with Gasteiger partial charge in [-0.25, -0.2) is 4.79 Å². The van der Waals surface area contributed by atoms with Crippen LogP contribution in [0.3, 0.4) is 0 Å². The van der Waals surface area contributed by atoms with Gasteiger partial charge in [-0.15, -0.1) is 11.3 Å². The average Bonchev–Trinajstić information content (AvgIpc) is 3.42. The van der Waals surface area contributed by atoms with E-state index in [0.717, 1.165) is 18.5 Å². The van der Waals surface area contributed by atoms with Gasteiger partial charge in [0.15, 0.2) is 0 Å². The molecule has 0 spiro atoms. The van der Waals surface area contributed by atoms with Gasteiger partial charge in [-0.2, -0.15) is 0 Å². The monoisotopic (exact) mass is 420 g/mol. The van der Waals surface area contributed by atoms with Gasteiger partial charge in [0, 0.05) is 25.2 Å². The molecule has 0 atom stereocenters. The Labute approximate surface area is 178 Å². The summed E-state index contributed by atoms with van der Waals surface area (Å²) < 4.78 is 5.45. The van der Waals surface area contributed by atoms with Gasteiger partial charge in [0.1, 0.15) is 5.75 Å². The number of nitrogens with one attached hydrogen (secondary N) is 1. The fourth-order valence-electron chi connectivity index (χ4n) is 3.26. The number of amides is 2. The van der Waals surface area contributed by atoms with E-state index in [-0.39, 0.29) is 11.8 Å². The van der Waals surface area contributed by atoms with Gasteiger partial charge in [-0.05, 0) is 59.8 Å². The number of rotatable bonds is 6. The third-order valence-electron chi connectivity index (χ3n) is 4.78. The van der Waals surface area contributed by atoms with Gasteiger partial charge in [0.2, 0.25) is 5.91 Å². The van der Waals surface area contributed by atoms with Crippen LogP contribution in [0, 0.1) is 0 Å². The Bertz CT molecular complexity index is 1060. The molecule has 2 heterocycles. The number of ether oxygens (including phenoxy) is 1. The summed E-state index contributed by atoms with van der Waals surface area (Å²) in [5.74, 6) is -0.119. The lowest BCUT2D eigenvalue weighted by Gasteiger charge is -2.15. The number of esters is 1. The van der Waals surface area contributed by atoms with E-state index < -0.39 is 5.97 Å². The minimum Gasteiger partial charge on any atom is -0.423 e. The number of benzene rings is 2. The Morgan fingerprint density at radius 1 is 1.07 bits per heavy atom. The topological polar surface area (TPSA) is 75.7 Å². The highest BCUT2D eigenvalue weighted by Gasteiger charge is 2.20. The molecule has 7 heteroatoms. The van der Waals surface area contributed by atoms with Gasteiger partial charge in [0.25, 0.3) is 5.91 Å². The maximum absolute atomic E-state index is 12.5. The zero-order chi connectivity index (χ0) is 20.9. The van der Waals surface area contributed by atoms with Crippen LogP contribution in [0.4, 0.5) is 5.69 Å². The number of hydrogen-bond donors (Lipinski definition) is 1. The van der Waals surface area contributed by atoms with Gasteiger partial charge < -0.3 is 15.0 Å². The predicted octanol–water partition coefficient (Wildman–Crippen LogP) is 4.34. The standard InChI is InChI=1S/C23H20N2O4S/c26-21-7-2-12-25(21)15-16-4-1-5-17(14-16)23(28)29-19-10-8-18(9-11-19)24-22(27)20-6-3-13-30-20/h1,3-6,8-11,13-14H,2,7,12,15H2,(H,24,27). The van der Waals surface area contributed by atoms with Crippen molar-refractivity contribution in [3.05, 3.63) is 82.0 Å². The molecule has 1 aromatic heterocycles. The molecule has 4 rings (SSSR count). The molecule has 152 valence electrons. The van der Waals surface area contributed by atoms with E-state index in [9.17, 15) is 14.4 Å². The molecule has 0 saturated carbocycles. The molecule has 2 aromatic carbocycles. The van der Waals surface area contributed by atoms with Gasteiger partial charge >= 0.3 is 5.97 Å². The fourth-order valence-corrected chi connectivity index (χ4v) is 3.88. The second kappa shape index (κ2) is 8.92. The number of thiophene rings is 1. The maximum Gasteiger partial charge on any atom is 0.343 e. The molecule has 0 radical (unpaired) electrons. The summed E-state index contributed by atoms with van der Waals surface area (Å²) in [4.78, 5) is 38.8. The number of likely N-dealkylation sites (tertiary alicyclic amines) is 1. The number of anilines is 1. The van der Waals surface area contributed by atoms with E-state index in [1.165, 1.54) is 11.3 Å². The Morgan fingerprint density at radius 3 is 2.60 bits per heavy atom. The van der Waals surface area contributed by atoms with Crippen molar-refractivity contribution < 1.29 is 19.1 Å². The molecule has 1 N–H and O–H groups in total. The second-order valence-electron chi connectivity index (χ2n) is 6.96. The lowest BCUT2D eigenvalue weighted by Crippen LogP contribution is -2.24. The van der Waals surface area contributed by atoms with Crippen molar-refractivity contribution in [2.75, 3.05) is 11.9 Å². The minimum absolute atomic E-state index is 0.147. The smallest absolute Gasteiger partial charge is 0.343 e. The number of carbonyl (C=O) groups is 3. The third kappa shape index (κ3) is 4.75. The van der Waals surface area contributed by atoms with Crippen LogP contribution in [0.1, 0.15) is 38.4 Å². The Morgan fingerprint density at radius 2 is 1.90 bits per heavy atom. The largest absolute Gasteiger partial charge is 0.423 e. The molecule has 6 nitrogen and oxygen atoms in total. The molecular weight excluding hydrogens is 400 g/mol. The highest BCUT2D eigenvalue weighted by atomic mass is 32.1. The third-order valence-corrected chi connectivity index (χ3v) is 5.64. The second-order valence-corrected chi connectivity index (χ2v) is 7.91. The van der Waals surface area contributed by atoms with Crippen LogP contribution < -0.4 is 10.1 Å². The van der Waals surface area contributed by atoms with Crippen LogP contribution in [0.25, 0.3) is 0 Å². The molecule has 1 saturated heterocycles. The molecular formula is C23H20N2O4S. The Balaban J connectivity index is 1.37. The first-order valence-corrected chi connectivity index (χ1v) is 10.5. The van der Waals surface area contributed by atoms with Gasteiger partial charge in [-0.3, -0.25) is 9.59 Å². The lowest BCUT2D eigenvalue weighted by molar-refractivity contribution is -0.128. The van der Waals surface area contributed by atoms with E-state index in [0.29, 0.717) is 34.8 Å². The van der Waals surface area contributed by atoms with E-state index in [4.69, 9.17) is 4.74 Å². The fraction of sp³-hybridized carbons (Fsp3) is 0.174. The molecule has 0 aliphatic carbocycles. The molecule has 30 heavy (non-hydrogen) atoms. The zero-order valence-electron chi connectivity index (χ0n) is 16.2. The molecule has 1 fully saturated rings. The van der Waals surface area contributed by atoms with Crippen molar-refractivity contribution >= 4 is 34.8 Å². The zero-order valence-corrected chi connectivity index (χ0v) is 17.0. The summed E-state index contributed by atoms with van der Waals surface area (Å²) in [7, 11) is 0. The van der Waals surface area contributed by atoms with Crippen LogP contribution in [-0.4, -0.2) is 29.2 Å². The summed E-state index contributed by atoms with van der Waals surface area (Å²) in [6.07, 6.45) is 1.47. The van der Waals surface area contributed by atoms with Crippen molar-refractivity contribution in [3.63, 3.8) is 0 Å². The highest BCUT2D eigenvalue weighted by Crippen LogP contribution is 2.20. The summed E-state index contributed by atoms with van der Waals surface area (Å²) in [6.45, 7) is 1.25.